The molecule has 0 aromatic rings. The number of hydrogen-bond acceptors (Lipinski definition) is 7. The van der Waals surface area contributed by atoms with Crippen molar-refractivity contribution in [3.63, 3.8) is 0 Å². The van der Waals surface area contributed by atoms with Crippen molar-refractivity contribution in [3.8, 4) is 0 Å². The Morgan fingerprint density at radius 3 is 2.29 bits per heavy atom. The molecule has 1 aliphatic rings. The number of aliphatic hydroxyl groups is 1. The zero-order valence-corrected chi connectivity index (χ0v) is 23.6. The normalized spacial score (nSPS) is 21.0. The van der Waals surface area contributed by atoms with Gasteiger partial charge in [-0.1, -0.05) is 70.4 Å². The van der Waals surface area contributed by atoms with E-state index in [1.165, 1.54) is 12.8 Å². The van der Waals surface area contributed by atoms with E-state index in [0.717, 1.165) is 51.4 Å². The zero-order valence-electron chi connectivity index (χ0n) is 20.8. The third-order valence-electron chi connectivity index (χ3n) is 6.19. The molecule has 0 heterocycles. The largest absolute Gasteiger partial charge is 1.00 e. The van der Waals surface area contributed by atoms with E-state index in [4.69, 9.17) is 9.29 Å². The van der Waals surface area contributed by atoms with Crippen molar-refractivity contribution in [3.05, 3.63) is 12.2 Å². The summed E-state index contributed by atoms with van der Waals surface area (Å²) in [6.07, 6.45) is 14.6. The first-order valence-corrected chi connectivity index (χ1v) is 13.9. The number of allylic oxidation sites excluding steroid dienone is 2. The van der Waals surface area contributed by atoms with Crippen LogP contribution in [0.5, 0.6) is 0 Å². The fourth-order valence-corrected chi connectivity index (χ4v) is 4.94. The van der Waals surface area contributed by atoms with Gasteiger partial charge >= 0.3 is 35.5 Å². The maximum Gasteiger partial charge on any atom is 1.00 e. The Bertz CT molecular complexity index is 710. The van der Waals surface area contributed by atoms with E-state index in [9.17, 15) is 28.2 Å². The first kappa shape index (κ1) is 33.5. The van der Waals surface area contributed by atoms with E-state index >= 15 is 0 Å². The van der Waals surface area contributed by atoms with Gasteiger partial charge in [-0.2, -0.15) is 8.42 Å². The van der Waals surface area contributed by atoms with Crippen LogP contribution in [0, 0.1) is 17.8 Å². The molecule has 0 radical (unpaired) electrons. The van der Waals surface area contributed by atoms with Crippen molar-refractivity contribution >= 4 is 22.1 Å². The quantitative estimate of drug-likeness (QED) is 0.0862. The molecular formula is C24H41NaO8S. The molecule has 34 heavy (non-hydrogen) atoms. The molecule has 1 aliphatic carbocycles. The molecule has 10 heteroatoms. The first-order valence-electron chi connectivity index (χ1n) is 12.3. The molecule has 0 spiro atoms. The van der Waals surface area contributed by atoms with Gasteiger partial charge in [-0.25, -0.2) is 0 Å². The molecule has 8 nitrogen and oxygen atoms in total. The number of esters is 1. The van der Waals surface area contributed by atoms with Crippen LogP contribution in [-0.4, -0.2) is 48.5 Å². The van der Waals surface area contributed by atoms with Crippen molar-refractivity contribution in [1.82, 2.24) is 0 Å². The second kappa shape index (κ2) is 18.8. The molecule has 1 rings (SSSR count). The number of carboxylic acid groups (broad SMARTS) is 1. The van der Waals surface area contributed by atoms with E-state index < -0.39 is 40.5 Å². The summed E-state index contributed by atoms with van der Waals surface area (Å²) in [4.78, 5) is 23.2. The second-order valence-corrected chi connectivity index (χ2v) is 10.7. The van der Waals surface area contributed by atoms with Crippen molar-refractivity contribution < 1.29 is 67.1 Å². The standard InChI is InChI=1S/C24H42O8S.Na/c1-2-3-4-9-12-20-15-14-19(16-22(20)24(27)28)11-8-6-5-7-10-13-23(26)32-17-21(25)18-33(29,30)31;/h14-15,19-22,25H,2-13,16-18H2,1H3,(H,27,28)(H,29,30,31);/q;+1/p-1. The van der Waals surface area contributed by atoms with Crippen LogP contribution in [0.1, 0.15) is 90.4 Å². The number of unbranched alkanes of at least 4 members (excludes halogenated alkanes) is 7. The predicted octanol–water partition coefficient (Wildman–Crippen LogP) is 0.0418. The fourth-order valence-electron chi connectivity index (χ4n) is 4.36. The third-order valence-corrected chi connectivity index (χ3v) is 7.00. The number of carbonyl (C=O) groups is 2. The van der Waals surface area contributed by atoms with Gasteiger partial charge in [-0.05, 0) is 37.5 Å². The van der Waals surface area contributed by atoms with Crippen LogP contribution in [0.15, 0.2) is 12.2 Å². The second-order valence-electron chi connectivity index (χ2n) is 9.21. The number of aliphatic hydroxyl groups excluding tert-OH is 1. The zero-order chi connectivity index (χ0) is 24.7. The van der Waals surface area contributed by atoms with Crippen LogP contribution in [0.4, 0.5) is 0 Å². The van der Waals surface area contributed by atoms with E-state index in [2.05, 4.69) is 19.1 Å². The molecule has 0 saturated carbocycles. The molecule has 0 aromatic heterocycles. The molecule has 2 N–H and O–H groups in total. The average Bonchev–Trinajstić information content (AvgIpc) is 2.73. The first-order chi connectivity index (χ1) is 15.6. The molecule has 0 fully saturated rings. The molecule has 4 unspecified atom stereocenters. The third kappa shape index (κ3) is 16.3. The van der Waals surface area contributed by atoms with E-state index in [1.807, 2.05) is 0 Å². The summed E-state index contributed by atoms with van der Waals surface area (Å²) in [5, 5.41) is 21.0. The van der Waals surface area contributed by atoms with Gasteiger partial charge < -0.3 is 19.7 Å². The van der Waals surface area contributed by atoms with Gasteiger partial charge in [-0.15, -0.1) is 0 Å². The molecule has 192 valence electrons. The van der Waals surface area contributed by atoms with Gasteiger partial charge in [0.1, 0.15) is 18.5 Å². The fraction of sp³-hybridized carbons (Fsp3) is 0.833. The average molecular weight is 513 g/mol. The summed E-state index contributed by atoms with van der Waals surface area (Å²) < 4.78 is 34.7. The van der Waals surface area contributed by atoms with Gasteiger partial charge in [0.05, 0.1) is 0 Å². The number of ether oxygens (including phenoxy) is 1. The van der Waals surface area contributed by atoms with Crippen LogP contribution >= 0.6 is 0 Å². The summed E-state index contributed by atoms with van der Waals surface area (Å²) in [6.45, 7) is 1.70. The Balaban J connectivity index is 0.0000109. The predicted molar refractivity (Wildman–Crippen MR) is 124 cm³/mol. The van der Waals surface area contributed by atoms with Gasteiger partial charge in [-0.3, -0.25) is 9.35 Å². The number of carbonyl (C=O) groups excluding carboxylic acids is 2. The monoisotopic (exact) mass is 512 g/mol. The maximum atomic E-state index is 11.6. The minimum absolute atomic E-state index is 0. The van der Waals surface area contributed by atoms with E-state index in [-0.39, 0.29) is 53.7 Å². The van der Waals surface area contributed by atoms with Crippen LogP contribution < -0.4 is 34.7 Å². The summed E-state index contributed by atoms with van der Waals surface area (Å²) in [5.74, 6) is -2.30. The van der Waals surface area contributed by atoms with Crippen molar-refractivity contribution in [2.24, 2.45) is 17.8 Å². The molecular weight excluding hydrogens is 471 g/mol. The number of carboxylic acids is 1. The topological polar surface area (TPSA) is 141 Å². The van der Waals surface area contributed by atoms with Gasteiger partial charge in [0, 0.05) is 18.3 Å². The molecule has 0 bridgehead atoms. The Morgan fingerprint density at radius 2 is 1.65 bits per heavy atom. The smallest absolute Gasteiger partial charge is 0.550 e. The molecule has 0 aliphatic heterocycles. The van der Waals surface area contributed by atoms with Gasteiger partial charge in [0.2, 0.25) is 0 Å². The summed E-state index contributed by atoms with van der Waals surface area (Å²) in [7, 11) is -4.30. The van der Waals surface area contributed by atoms with Crippen LogP contribution in [0.25, 0.3) is 0 Å². The maximum absolute atomic E-state index is 11.6. The Labute approximate surface area is 227 Å². The minimum Gasteiger partial charge on any atom is -0.550 e. The van der Waals surface area contributed by atoms with E-state index in [0.29, 0.717) is 12.8 Å². The molecule has 0 saturated heterocycles. The van der Waals surface area contributed by atoms with Crippen molar-refractivity contribution in [1.29, 1.82) is 0 Å². The Morgan fingerprint density at radius 1 is 1.03 bits per heavy atom. The summed E-state index contributed by atoms with van der Waals surface area (Å²) >= 11 is 0. The Hall–Kier alpha value is -0.450. The molecule has 0 aromatic carbocycles. The minimum atomic E-state index is -4.30. The van der Waals surface area contributed by atoms with Crippen LogP contribution in [0.2, 0.25) is 0 Å². The SMILES string of the molecule is CCCCCCC1C=CC(CCCCCCCC(=O)OCC(O)CS(=O)(=O)O)CC1C(=O)[O-].[Na+]. The molecule has 4 atom stereocenters. The number of rotatable bonds is 18. The number of hydrogen-bond donors (Lipinski definition) is 2. The molecule has 0 amide bonds. The van der Waals surface area contributed by atoms with Crippen LogP contribution in [0.3, 0.4) is 0 Å². The Kier molecular flexibility index (Phi) is 18.5. The summed E-state index contributed by atoms with van der Waals surface area (Å²) in [5.41, 5.74) is 0. The van der Waals surface area contributed by atoms with Crippen LogP contribution in [-0.2, 0) is 24.4 Å². The van der Waals surface area contributed by atoms with E-state index in [1.54, 1.807) is 0 Å². The van der Waals surface area contributed by atoms with Gasteiger partial charge in [0.15, 0.2) is 0 Å². The van der Waals surface area contributed by atoms with Crippen molar-refractivity contribution in [2.75, 3.05) is 12.4 Å². The number of aliphatic carboxylic acids is 1. The van der Waals surface area contributed by atoms with Crippen molar-refractivity contribution in [2.45, 2.75) is 96.5 Å². The van der Waals surface area contributed by atoms with Gasteiger partial charge in [0.25, 0.3) is 10.1 Å². The summed E-state index contributed by atoms with van der Waals surface area (Å²) in [6, 6.07) is 0.